The first-order chi connectivity index (χ1) is 5.88. The number of hydrogen-bond acceptors (Lipinski definition) is 1. The van der Waals surface area contributed by atoms with Crippen LogP contribution >= 0.6 is 0 Å². The van der Waals surface area contributed by atoms with Crippen LogP contribution in [0.5, 0.6) is 0 Å². The molecule has 0 radical (unpaired) electrons. The highest BCUT2D eigenvalue weighted by Crippen LogP contribution is 2.33. The maximum atomic E-state index is 4.24. The predicted molar refractivity (Wildman–Crippen MR) is 51.9 cm³/mol. The van der Waals surface area contributed by atoms with Gasteiger partial charge in [0, 0.05) is 18.8 Å². The van der Waals surface area contributed by atoms with Gasteiger partial charge in [0.2, 0.25) is 0 Å². The Morgan fingerprint density at radius 1 is 1.00 bits per heavy atom. The summed E-state index contributed by atoms with van der Waals surface area (Å²) in [5.41, 5.74) is 1.45. The Labute approximate surface area is 75.4 Å². The number of rotatable bonds is 2. The van der Waals surface area contributed by atoms with Crippen LogP contribution in [-0.2, 0) is 0 Å². The van der Waals surface area contributed by atoms with Crippen molar-refractivity contribution in [1.29, 1.82) is 0 Å². The molecule has 1 saturated heterocycles. The Balaban J connectivity index is 1.89. The van der Waals surface area contributed by atoms with Crippen molar-refractivity contribution in [2.75, 3.05) is 13.1 Å². The number of hydrogen-bond donors (Lipinski definition) is 0. The van der Waals surface area contributed by atoms with Crippen LogP contribution in [0, 0.1) is 5.92 Å². The summed E-state index contributed by atoms with van der Waals surface area (Å²) in [5, 5.41) is 0. The Bertz CT molecular complexity index is 144. The van der Waals surface area contributed by atoms with E-state index in [1.54, 1.807) is 0 Å². The third kappa shape index (κ3) is 1.50. The van der Waals surface area contributed by atoms with Gasteiger partial charge in [-0.2, -0.15) is 0 Å². The van der Waals surface area contributed by atoms with Crippen LogP contribution in [0.25, 0.3) is 0 Å². The quantitative estimate of drug-likeness (QED) is 0.608. The van der Waals surface area contributed by atoms with E-state index in [1.807, 2.05) is 0 Å². The van der Waals surface area contributed by atoms with Crippen molar-refractivity contribution in [2.45, 2.75) is 38.5 Å². The first kappa shape index (κ1) is 8.15. The molecule has 1 heteroatoms. The van der Waals surface area contributed by atoms with Crippen molar-refractivity contribution in [1.82, 2.24) is 4.90 Å². The molecule has 1 heterocycles. The van der Waals surface area contributed by atoms with Gasteiger partial charge in [0.1, 0.15) is 0 Å². The van der Waals surface area contributed by atoms with Crippen molar-refractivity contribution in [2.24, 2.45) is 5.92 Å². The average molecular weight is 165 g/mol. The number of likely N-dealkylation sites (tertiary alicyclic amines) is 1. The summed E-state index contributed by atoms with van der Waals surface area (Å²) in [6.45, 7) is 6.79. The summed E-state index contributed by atoms with van der Waals surface area (Å²) < 4.78 is 0. The van der Waals surface area contributed by atoms with Crippen LogP contribution in [-0.4, -0.2) is 18.0 Å². The zero-order chi connectivity index (χ0) is 8.39. The van der Waals surface area contributed by atoms with Crippen LogP contribution in [0.15, 0.2) is 12.3 Å². The monoisotopic (exact) mass is 165 g/mol. The molecule has 1 aliphatic heterocycles. The van der Waals surface area contributed by atoms with Crippen molar-refractivity contribution >= 4 is 0 Å². The molecule has 2 rings (SSSR count). The molecule has 0 aromatic carbocycles. The molecule has 0 amide bonds. The van der Waals surface area contributed by atoms with Crippen LogP contribution in [0.2, 0.25) is 0 Å². The van der Waals surface area contributed by atoms with E-state index in [2.05, 4.69) is 11.5 Å². The molecule has 0 N–H and O–H groups in total. The summed E-state index contributed by atoms with van der Waals surface area (Å²) in [6, 6.07) is 0. The van der Waals surface area contributed by atoms with Crippen molar-refractivity contribution in [3.63, 3.8) is 0 Å². The van der Waals surface area contributed by atoms with Gasteiger partial charge in [-0.1, -0.05) is 19.4 Å². The molecular weight excluding hydrogens is 146 g/mol. The highest BCUT2D eigenvalue weighted by Gasteiger charge is 2.23. The van der Waals surface area contributed by atoms with Gasteiger partial charge in [-0.15, -0.1) is 0 Å². The summed E-state index contributed by atoms with van der Waals surface area (Å²) in [5.74, 6) is 0.836. The second-order valence-electron chi connectivity index (χ2n) is 4.17. The largest absolute Gasteiger partial charge is 0.375 e. The van der Waals surface area contributed by atoms with Crippen LogP contribution < -0.4 is 0 Å². The Morgan fingerprint density at radius 2 is 1.58 bits per heavy atom. The van der Waals surface area contributed by atoms with Gasteiger partial charge >= 0.3 is 0 Å². The van der Waals surface area contributed by atoms with E-state index in [9.17, 15) is 0 Å². The van der Waals surface area contributed by atoms with Gasteiger partial charge in [0.05, 0.1) is 0 Å². The fourth-order valence-corrected chi connectivity index (χ4v) is 2.52. The molecule has 12 heavy (non-hydrogen) atoms. The lowest BCUT2D eigenvalue weighted by Crippen LogP contribution is -2.22. The van der Waals surface area contributed by atoms with Crippen LogP contribution in [0.4, 0.5) is 0 Å². The van der Waals surface area contributed by atoms with E-state index in [1.165, 1.54) is 57.3 Å². The third-order valence-corrected chi connectivity index (χ3v) is 3.34. The molecule has 0 unspecified atom stereocenters. The van der Waals surface area contributed by atoms with Gasteiger partial charge in [-0.3, -0.25) is 0 Å². The van der Waals surface area contributed by atoms with Crippen molar-refractivity contribution in [3.8, 4) is 0 Å². The fraction of sp³-hybridized carbons (Fsp3) is 0.818. The molecule has 1 saturated carbocycles. The van der Waals surface area contributed by atoms with Gasteiger partial charge in [0.25, 0.3) is 0 Å². The maximum Gasteiger partial charge on any atom is 0.0175 e. The highest BCUT2D eigenvalue weighted by molar-refractivity contribution is 5.03. The molecule has 2 aliphatic rings. The lowest BCUT2D eigenvalue weighted by molar-refractivity contribution is 0.364. The van der Waals surface area contributed by atoms with Gasteiger partial charge in [-0.05, 0) is 31.6 Å². The molecule has 1 aliphatic carbocycles. The van der Waals surface area contributed by atoms with Crippen molar-refractivity contribution < 1.29 is 0 Å². The minimum atomic E-state index is 0.836. The van der Waals surface area contributed by atoms with Crippen LogP contribution in [0.3, 0.4) is 0 Å². The van der Waals surface area contributed by atoms with Gasteiger partial charge in [-0.25, -0.2) is 0 Å². The molecule has 68 valence electrons. The molecule has 1 nitrogen and oxygen atoms in total. The van der Waals surface area contributed by atoms with Gasteiger partial charge < -0.3 is 4.90 Å². The molecule has 2 fully saturated rings. The normalized spacial score (nSPS) is 25.2. The van der Waals surface area contributed by atoms with E-state index in [-0.39, 0.29) is 0 Å². The molecule has 0 bridgehead atoms. The number of nitrogens with zero attached hydrogens (tertiary/aromatic N) is 1. The van der Waals surface area contributed by atoms with E-state index in [0.29, 0.717) is 0 Å². The molecular formula is C11H19N. The second kappa shape index (κ2) is 3.51. The number of allylic oxidation sites excluding steroid dienone is 1. The van der Waals surface area contributed by atoms with Gasteiger partial charge in [0.15, 0.2) is 0 Å². The standard InChI is InChI=1S/C11H19N/c1-10(11-6-2-3-7-11)12-8-4-5-9-12/h11H,1-9H2. The molecule has 0 aromatic heterocycles. The summed E-state index contributed by atoms with van der Waals surface area (Å²) in [4.78, 5) is 2.51. The third-order valence-electron chi connectivity index (χ3n) is 3.34. The van der Waals surface area contributed by atoms with E-state index in [4.69, 9.17) is 0 Å². The van der Waals surface area contributed by atoms with Crippen LogP contribution in [0.1, 0.15) is 38.5 Å². The minimum Gasteiger partial charge on any atom is -0.375 e. The first-order valence-corrected chi connectivity index (χ1v) is 5.31. The predicted octanol–water partition coefficient (Wildman–Crippen LogP) is 2.79. The maximum absolute atomic E-state index is 4.24. The smallest absolute Gasteiger partial charge is 0.0175 e. The Hall–Kier alpha value is -0.460. The Morgan fingerprint density at radius 3 is 2.17 bits per heavy atom. The lowest BCUT2D eigenvalue weighted by atomic mass is 10.0. The van der Waals surface area contributed by atoms with E-state index < -0.39 is 0 Å². The first-order valence-electron chi connectivity index (χ1n) is 5.31. The highest BCUT2D eigenvalue weighted by atomic mass is 15.2. The zero-order valence-electron chi connectivity index (χ0n) is 7.89. The van der Waals surface area contributed by atoms with Crippen molar-refractivity contribution in [3.05, 3.63) is 12.3 Å². The minimum absolute atomic E-state index is 0.836. The summed E-state index contributed by atoms with van der Waals surface area (Å²) >= 11 is 0. The molecule has 0 aromatic rings. The topological polar surface area (TPSA) is 3.24 Å². The molecule has 0 spiro atoms. The lowest BCUT2D eigenvalue weighted by Gasteiger charge is -2.25. The van der Waals surface area contributed by atoms with E-state index in [0.717, 1.165) is 5.92 Å². The average Bonchev–Trinajstić information content (AvgIpc) is 2.77. The Kier molecular flexibility index (Phi) is 2.38. The fourth-order valence-electron chi connectivity index (χ4n) is 2.52. The molecule has 0 atom stereocenters. The summed E-state index contributed by atoms with van der Waals surface area (Å²) in [7, 11) is 0. The second-order valence-corrected chi connectivity index (χ2v) is 4.17. The SMILES string of the molecule is C=C(C1CCCC1)N1CCCC1. The summed E-state index contributed by atoms with van der Waals surface area (Å²) in [6.07, 6.45) is 8.41. The van der Waals surface area contributed by atoms with E-state index >= 15 is 0 Å². The zero-order valence-corrected chi connectivity index (χ0v) is 7.89.